The molecular weight excluding hydrogens is 284 g/mol. The average molecular weight is 304 g/mol. The van der Waals surface area contributed by atoms with Crippen molar-refractivity contribution in [2.24, 2.45) is 5.10 Å². The van der Waals surface area contributed by atoms with Gasteiger partial charge in [-0.05, 0) is 36.3 Å². The Labute approximate surface area is 129 Å². The Balaban J connectivity index is 1.90. The lowest BCUT2D eigenvalue weighted by atomic mass is 10.2. The highest BCUT2D eigenvalue weighted by Gasteiger charge is 1.96. The summed E-state index contributed by atoms with van der Waals surface area (Å²) in [5.74, 6) is 0.867. The summed E-state index contributed by atoms with van der Waals surface area (Å²) >= 11 is 5.03. The molecule has 1 N–H and O–H groups in total. The predicted molar refractivity (Wildman–Crippen MR) is 86.5 cm³/mol. The van der Waals surface area contributed by atoms with Crippen molar-refractivity contribution in [2.75, 3.05) is 6.61 Å². The fourth-order valence-corrected chi connectivity index (χ4v) is 2.00. The number of benzene rings is 1. The van der Waals surface area contributed by atoms with E-state index in [0.717, 1.165) is 24.3 Å². The first-order valence-electron chi connectivity index (χ1n) is 7.19. The normalized spacial score (nSPS) is 11.1. The molecule has 21 heavy (non-hydrogen) atoms. The Kier molecular flexibility index (Phi) is 6.15. The number of aromatic amines is 1. The smallest absolute Gasteiger partial charge is 0.216 e. The number of H-pyrrole nitrogens is 1. The Morgan fingerprint density at radius 1 is 1.38 bits per heavy atom. The van der Waals surface area contributed by atoms with Crippen LogP contribution in [0, 0.1) is 4.77 Å². The molecule has 0 unspecified atom stereocenters. The van der Waals surface area contributed by atoms with Crippen molar-refractivity contribution in [3.05, 3.63) is 40.9 Å². The Bertz CT molecular complexity index is 632. The number of rotatable bonds is 8. The van der Waals surface area contributed by atoms with Gasteiger partial charge in [0.05, 0.1) is 12.8 Å². The molecule has 0 aliphatic heterocycles. The number of unbranched alkanes of at least 4 members (excludes halogenated alkanes) is 3. The molecule has 112 valence electrons. The lowest BCUT2D eigenvalue weighted by Crippen LogP contribution is -1.98. The van der Waals surface area contributed by atoms with E-state index < -0.39 is 0 Å². The van der Waals surface area contributed by atoms with E-state index in [1.165, 1.54) is 30.3 Å². The van der Waals surface area contributed by atoms with Crippen LogP contribution in [-0.2, 0) is 0 Å². The summed E-state index contributed by atoms with van der Waals surface area (Å²) in [4.78, 5) is 0. The average Bonchev–Trinajstić information content (AvgIpc) is 2.91. The summed E-state index contributed by atoms with van der Waals surface area (Å²) in [6.45, 7) is 2.96. The first-order valence-corrected chi connectivity index (χ1v) is 7.59. The highest BCUT2D eigenvalue weighted by atomic mass is 32.1. The van der Waals surface area contributed by atoms with Crippen molar-refractivity contribution in [1.29, 1.82) is 0 Å². The molecular formula is C15H20N4OS. The van der Waals surface area contributed by atoms with Crippen molar-refractivity contribution in [3.8, 4) is 5.75 Å². The van der Waals surface area contributed by atoms with E-state index in [0.29, 0.717) is 4.77 Å². The van der Waals surface area contributed by atoms with Crippen LogP contribution >= 0.6 is 12.2 Å². The SMILES string of the molecule is CCCCCCOc1cccc(/C=N/n2cn[nH]c2=S)c1. The van der Waals surface area contributed by atoms with E-state index in [2.05, 4.69) is 22.2 Å². The quantitative estimate of drug-likeness (QED) is 0.459. The second kappa shape index (κ2) is 8.36. The van der Waals surface area contributed by atoms with Gasteiger partial charge in [0.15, 0.2) is 0 Å². The molecule has 0 spiro atoms. The minimum absolute atomic E-state index is 0.467. The van der Waals surface area contributed by atoms with Gasteiger partial charge in [0, 0.05) is 0 Å². The molecule has 0 amide bonds. The molecule has 0 saturated heterocycles. The lowest BCUT2D eigenvalue weighted by Gasteiger charge is -2.06. The maximum Gasteiger partial charge on any atom is 0.216 e. The minimum Gasteiger partial charge on any atom is -0.494 e. The Morgan fingerprint density at radius 3 is 3.05 bits per heavy atom. The van der Waals surface area contributed by atoms with Gasteiger partial charge in [-0.25, -0.2) is 0 Å². The van der Waals surface area contributed by atoms with Crippen LogP contribution in [0.4, 0.5) is 0 Å². The van der Waals surface area contributed by atoms with E-state index in [-0.39, 0.29) is 0 Å². The fourth-order valence-electron chi connectivity index (χ4n) is 1.86. The van der Waals surface area contributed by atoms with Crippen LogP contribution in [0.1, 0.15) is 38.2 Å². The van der Waals surface area contributed by atoms with E-state index in [9.17, 15) is 0 Å². The number of hydrogen-bond donors (Lipinski definition) is 1. The second-order valence-electron chi connectivity index (χ2n) is 4.73. The van der Waals surface area contributed by atoms with Crippen LogP contribution in [0.25, 0.3) is 0 Å². The summed E-state index contributed by atoms with van der Waals surface area (Å²) < 4.78 is 7.72. The van der Waals surface area contributed by atoms with Crippen LogP contribution in [0.5, 0.6) is 5.75 Å². The first-order chi connectivity index (χ1) is 10.3. The lowest BCUT2D eigenvalue weighted by molar-refractivity contribution is 0.305. The summed E-state index contributed by atoms with van der Waals surface area (Å²) in [6, 6.07) is 7.85. The number of aromatic nitrogens is 3. The molecule has 1 heterocycles. The van der Waals surface area contributed by atoms with Gasteiger partial charge in [-0.15, -0.1) is 0 Å². The van der Waals surface area contributed by atoms with Gasteiger partial charge >= 0.3 is 0 Å². The second-order valence-corrected chi connectivity index (χ2v) is 5.12. The van der Waals surface area contributed by atoms with E-state index >= 15 is 0 Å². The molecule has 1 aromatic heterocycles. The van der Waals surface area contributed by atoms with Crippen molar-refractivity contribution in [2.45, 2.75) is 32.6 Å². The van der Waals surface area contributed by atoms with E-state index in [1.807, 2.05) is 24.3 Å². The molecule has 0 radical (unpaired) electrons. The molecule has 5 nitrogen and oxygen atoms in total. The first kappa shape index (κ1) is 15.4. The maximum atomic E-state index is 5.75. The highest BCUT2D eigenvalue weighted by Crippen LogP contribution is 2.13. The molecule has 0 bridgehead atoms. The highest BCUT2D eigenvalue weighted by molar-refractivity contribution is 7.71. The number of nitrogens with one attached hydrogen (secondary N) is 1. The summed E-state index contributed by atoms with van der Waals surface area (Å²) in [7, 11) is 0. The van der Waals surface area contributed by atoms with Crippen molar-refractivity contribution < 1.29 is 4.74 Å². The standard InChI is InChI=1S/C15H20N4OS/c1-2-3-4-5-9-20-14-8-6-7-13(10-14)11-17-19-12-16-18-15(19)21/h6-8,10-12H,2-5,9H2,1H3,(H,18,21)/b17-11+. The third-order valence-electron chi connectivity index (χ3n) is 2.99. The van der Waals surface area contributed by atoms with Gasteiger partial charge in [-0.2, -0.15) is 14.9 Å². The monoisotopic (exact) mass is 304 g/mol. The third kappa shape index (κ3) is 5.15. The molecule has 0 saturated carbocycles. The van der Waals surface area contributed by atoms with Crippen molar-refractivity contribution in [1.82, 2.24) is 14.9 Å². The molecule has 0 fully saturated rings. The molecule has 2 aromatic rings. The number of hydrogen-bond acceptors (Lipinski definition) is 4. The number of nitrogens with zero attached hydrogens (tertiary/aromatic N) is 3. The fraction of sp³-hybridized carbons (Fsp3) is 0.400. The molecule has 2 rings (SSSR count). The van der Waals surface area contributed by atoms with Crippen molar-refractivity contribution >= 4 is 18.4 Å². The van der Waals surface area contributed by atoms with Gasteiger partial charge in [0.1, 0.15) is 12.1 Å². The molecule has 0 atom stereocenters. The zero-order valence-electron chi connectivity index (χ0n) is 12.2. The van der Waals surface area contributed by atoms with Crippen LogP contribution in [0.15, 0.2) is 35.7 Å². The van der Waals surface area contributed by atoms with Crippen LogP contribution in [0.2, 0.25) is 0 Å². The predicted octanol–water partition coefficient (Wildman–Crippen LogP) is 3.78. The number of ether oxygens (including phenoxy) is 1. The minimum atomic E-state index is 0.467. The van der Waals surface area contributed by atoms with E-state index in [1.54, 1.807) is 6.21 Å². The summed E-state index contributed by atoms with van der Waals surface area (Å²) in [5.41, 5.74) is 0.962. The summed E-state index contributed by atoms with van der Waals surface area (Å²) in [5, 5.41) is 10.7. The molecule has 0 aliphatic rings. The van der Waals surface area contributed by atoms with Crippen molar-refractivity contribution in [3.63, 3.8) is 0 Å². The molecule has 0 aliphatic carbocycles. The van der Waals surface area contributed by atoms with Gasteiger partial charge in [-0.3, -0.25) is 5.10 Å². The largest absolute Gasteiger partial charge is 0.494 e. The third-order valence-corrected chi connectivity index (χ3v) is 3.27. The topological polar surface area (TPSA) is 55.2 Å². The van der Waals surface area contributed by atoms with Crippen LogP contribution < -0.4 is 4.74 Å². The van der Waals surface area contributed by atoms with Gasteiger partial charge in [-0.1, -0.05) is 38.3 Å². The van der Waals surface area contributed by atoms with E-state index in [4.69, 9.17) is 17.0 Å². The van der Waals surface area contributed by atoms with Gasteiger partial charge < -0.3 is 4.74 Å². The molecule has 1 aromatic carbocycles. The Hall–Kier alpha value is -1.95. The van der Waals surface area contributed by atoms with Crippen LogP contribution in [0.3, 0.4) is 0 Å². The zero-order chi connectivity index (χ0) is 14.9. The zero-order valence-corrected chi connectivity index (χ0v) is 13.0. The van der Waals surface area contributed by atoms with Crippen LogP contribution in [-0.4, -0.2) is 27.7 Å². The maximum absolute atomic E-state index is 5.75. The Morgan fingerprint density at radius 2 is 2.29 bits per heavy atom. The molecule has 6 heteroatoms. The summed E-state index contributed by atoms with van der Waals surface area (Å²) in [6.07, 6.45) is 8.08. The van der Waals surface area contributed by atoms with Gasteiger partial charge in [0.2, 0.25) is 4.77 Å². The van der Waals surface area contributed by atoms with Gasteiger partial charge in [0.25, 0.3) is 0 Å².